The summed E-state index contributed by atoms with van der Waals surface area (Å²) in [5.74, 6) is 0.196. The fourth-order valence-electron chi connectivity index (χ4n) is 3.82. The van der Waals surface area contributed by atoms with E-state index in [0.717, 1.165) is 41.9 Å². The standard InChI is InChI=1S/C22H28N2O3/c1-16-18(14-21(26)23(2)12-13-27-3)22-19(10-7-11-20(22)25)24(16)15-17-8-5-4-6-9-17/h4-6,8-9H,7,10-15H2,1-3H3. The lowest BCUT2D eigenvalue weighted by Crippen LogP contribution is -2.31. The maximum absolute atomic E-state index is 12.7. The number of hydrogen-bond donors (Lipinski definition) is 0. The molecule has 0 atom stereocenters. The minimum absolute atomic E-state index is 0.0215. The summed E-state index contributed by atoms with van der Waals surface area (Å²) in [6, 6.07) is 10.3. The number of ketones is 1. The van der Waals surface area contributed by atoms with E-state index < -0.39 is 0 Å². The topological polar surface area (TPSA) is 51.5 Å². The molecule has 0 saturated carbocycles. The van der Waals surface area contributed by atoms with E-state index in [1.54, 1.807) is 19.1 Å². The van der Waals surface area contributed by atoms with Gasteiger partial charge in [-0.15, -0.1) is 0 Å². The van der Waals surface area contributed by atoms with E-state index in [2.05, 4.69) is 16.7 Å². The largest absolute Gasteiger partial charge is 0.383 e. The molecule has 0 unspecified atom stereocenters. The molecule has 0 radical (unpaired) electrons. The molecule has 1 amide bonds. The van der Waals surface area contributed by atoms with E-state index in [9.17, 15) is 9.59 Å². The normalized spacial score (nSPS) is 13.5. The van der Waals surface area contributed by atoms with Crippen LogP contribution in [0.4, 0.5) is 0 Å². The molecule has 27 heavy (non-hydrogen) atoms. The molecule has 0 saturated heterocycles. The Bertz CT molecular complexity index is 824. The van der Waals surface area contributed by atoms with Gasteiger partial charge in [-0.1, -0.05) is 30.3 Å². The average molecular weight is 368 g/mol. The van der Waals surface area contributed by atoms with E-state index in [0.29, 0.717) is 19.6 Å². The number of carbonyl (C=O) groups excluding carboxylic acids is 2. The molecule has 0 aliphatic heterocycles. The Morgan fingerprint density at radius 2 is 1.96 bits per heavy atom. The van der Waals surface area contributed by atoms with Crippen molar-refractivity contribution in [1.82, 2.24) is 9.47 Å². The Balaban J connectivity index is 1.94. The minimum atomic E-state index is 0.0215. The molecule has 0 fully saturated rings. The molecule has 1 aliphatic carbocycles. The number of likely N-dealkylation sites (N-methyl/N-ethyl adjacent to an activating group) is 1. The molecular weight excluding hydrogens is 340 g/mol. The molecule has 5 heteroatoms. The number of methoxy groups -OCH3 is 1. The summed E-state index contributed by atoms with van der Waals surface area (Å²) < 4.78 is 7.30. The number of ether oxygens (including phenoxy) is 1. The van der Waals surface area contributed by atoms with E-state index in [4.69, 9.17) is 4.74 Å². The number of aromatic nitrogens is 1. The third-order valence-electron chi connectivity index (χ3n) is 5.42. The highest BCUT2D eigenvalue weighted by atomic mass is 16.5. The second kappa shape index (κ2) is 8.53. The zero-order chi connectivity index (χ0) is 19.4. The third kappa shape index (κ3) is 4.14. The van der Waals surface area contributed by atoms with Crippen molar-refractivity contribution < 1.29 is 14.3 Å². The minimum Gasteiger partial charge on any atom is -0.383 e. The summed E-state index contributed by atoms with van der Waals surface area (Å²) in [4.78, 5) is 27.0. The van der Waals surface area contributed by atoms with Crippen LogP contribution in [0.15, 0.2) is 30.3 Å². The van der Waals surface area contributed by atoms with E-state index in [1.165, 1.54) is 5.56 Å². The number of nitrogens with zero attached hydrogens (tertiary/aromatic N) is 2. The maximum Gasteiger partial charge on any atom is 0.226 e. The van der Waals surface area contributed by atoms with Crippen LogP contribution in [0.5, 0.6) is 0 Å². The van der Waals surface area contributed by atoms with Gasteiger partial charge in [0.2, 0.25) is 5.91 Å². The number of rotatable bonds is 7. The van der Waals surface area contributed by atoms with Crippen LogP contribution in [0.25, 0.3) is 0 Å². The molecule has 5 nitrogen and oxygen atoms in total. The Labute approximate surface area is 160 Å². The summed E-state index contributed by atoms with van der Waals surface area (Å²) in [5.41, 5.74) is 5.03. The molecule has 1 aromatic carbocycles. The fraction of sp³-hybridized carbons (Fsp3) is 0.455. The SMILES string of the molecule is COCCN(C)C(=O)Cc1c2c(n(Cc3ccccc3)c1C)CCCC2=O. The first-order valence-corrected chi connectivity index (χ1v) is 9.53. The lowest BCUT2D eigenvalue weighted by Gasteiger charge is -2.17. The third-order valence-corrected chi connectivity index (χ3v) is 5.42. The first kappa shape index (κ1) is 19.4. The van der Waals surface area contributed by atoms with Gasteiger partial charge >= 0.3 is 0 Å². The van der Waals surface area contributed by atoms with Crippen LogP contribution in [0.2, 0.25) is 0 Å². The van der Waals surface area contributed by atoms with Crippen molar-refractivity contribution in [2.75, 3.05) is 27.3 Å². The zero-order valence-electron chi connectivity index (χ0n) is 16.5. The molecule has 1 heterocycles. The molecular formula is C22H28N2O3. The van der Waals surface area contributed by atoms with Crippen LogP contribution in [0.3, 0.4) is 0 Å². The number of carbonyl (C=O) groups is 2. The van der Waals surface area contributed by atoms with Crippen LogP contribution < -0.4 is 0 Å². The second-order valence-corrected chi connectivity index (χ2v) is 7.22. The Morgan fingerprint density at radius 1 is 1.22 bits per heavy atom. The highest BCUT2D eigenvalue weighted by molar-refractivity contribution is 6.01. The van der Waals surface area contributed by atoms with Crippen molar-refractivity contribution in [1.29, 1.82) is 0 Å². The van der Waals surface area contributed by atoms with Crippen molar-refractivity contribution in [2.45, 2.75) is 39.2 Å². The summed E-state index contributed by atoms with van der Waals surface area (Å²) in [6.07, 6.45) is 2.61. The number of fused-ring (bicyclic) bond motifs is 1. The van der Waals surface area contributed by atoms with Gasteiger partial charge in [0.1, 0.15) is 0 Å². The lowest BCUT2D eigenvalue weighted by atomic mass is 9.92. The van der Waals surface area contributed by atoms with Gasteiger partial charge in [0, 0.05) is 50.6 Å². The monoisotopic (exact) mass is 368 g/mol. The molecule has 2 aromatic rings. The van der Waals surface area contributed by atoms with Gasteiger partial charge in [0.05, 0.1) is 13.0 Å². The van der Waals surface area contributed by atoms with Gasteiger partial charge in [-0.05, 0) is 30.9 Å². The van der Waals surface area contributed by atoms with Crippen LogP contribution in [0, 0.1) is 6.92 Å². The van der Waals surface area contributed by atoms with Gasteiger partial charge in [0.25, 0.3) is 0 Å². The predicted molar refractivity (Wildman–Crippen MR) is 105 cm³/mol. The summed E-state index contributed by atoms with van der Waals surface area (Å²) in [5, 5.41) is 0. The molecule has 1 aliphatic rings. The van der Waals surface area contributed by atoms with Gasteiger partial charge in [0.15, 0.2) is 5.78 Å². The highest BCUT2D eigenvalue weighted by Gasteiger charge is 2.29. The Hall–Kier alpha value is -2.40. The number of Topliss-reactive ketones (excluding diaryl/α,β-unsaturated/α-hetero) is 1. The van der Waals surface area contributed by atoms with Crippen molar-refractivity contribution in [3.8, 4) is 0 Å². The predicted octanol–water partition coefficient (Wildman–Crippen LogP) is 3.01. The quantitative estimate of drug-likeness (QED) is 0.755. The lowest BCUT2D eigenvalue weighted by molar-refractivity contribution is -0.129. The molecule has 0 N–H and O–H groups in total. The molecule has 1 aromatic heterocycles. The van der Waals surface area contributed by atoms with Crippen molar-refractivity contribution in [3.63, 3.8) is 0 Å². The smallest absolute Gasteiger partial charge is 0.226 e. The van der Waals surface area contributed by atoms with Crippen LogP contribution >= 0.6 is 0 Å². The first-order valence-electron chi connectivity index (χ1n) is 9.53. The van der Waals surface area contributed by atoms with E-state index in [1.807, 2.05) is 25.1 Å². The van der Waals surface area contributed by atoms with E-state index >= 15 is 0 Å². The van der Waals surface area contributed by atoms with Crippen molar-refractivity contribution in [2.24, 2.45) is 0 Å². The number of hydrogen-bond acceptors (Lipinski definition) is 3. The average Bonchev–Trinajstić information content (AvgIpc) is 2.93. The highest BCUT2D eigenvalue weighted by Crippen LogP contribution is 2.31. The zero-order valence-corrected chi connectivity index (χ0v) is 16.5. The van der Waals surface area contributed by atoms with Gasteiger partial charge in [-0.25, -0.2) is 0 Å². The number of amides is 1. The van der Waals surface area contributed by atoms with Crippen molar-refractivity contribution >= 4 is 11.7 Å². The first-order chi connectivity index (χ1) is 13.0. The van der Waals surface area contributed by atoms with Gasteiger partial charge in [-0.2, -0.15) is 0 Å². The van der Waals surface area contributed by atoms with Crippen LogP contribution in [-0.2, 0) is 28.9 Å². The Kier molecular flexibility index (Phi) is 6.11. The van der Waals surface area contributed by atoms with Crippen LogP contribution in [0.1, 0.15) is 45.7 Å². The Morgan fingerprint density at radius 3 is 2.67 bits per heavy atom. The second-order valence-electron chi connectivity index (χ2n) is 7.22. The summed E-state index contributed by atoms with van der Waals surface area (Å²) >= 11 is 0. The van der Waals surface area contributed by atoms with Crippen LogP contribution in [-0.4, -0.2) is 48.5 Å². The molecule has 3 rings (SSSR count). The van der Waals surface area contributed by atoms with Gasteiger partial charge in [-0.3, -0.25) is 9.59 Å². The number of benzene rings is 1. The fourth-order valence-corrected chi connectivity index (χ4v) is 3.82. The molecule has 0 spiro atoms. The summed E-state index contributed by atoms with van der Waals surface area (Å²) in [6.45, 7) is 3.82. The van der Waals surface area contributed by atoms with Gasteiger partial charge < -0.3 is 14.2 Å². The summed E-state index contributed by atoms with van der Waals surface area (Å²) in [7, 11) is 3.41. The van der Waals surface area contributed by atoms with Crippen molar-refractivity contribution in [3.05, 3.63) is 58.4 Å². The molecule has 144 valence electrons. The maximum atomic E-state index is 12.7. The van der Waals surface area contributed by atoms with E-state index in [-0.39, 0.29) is 18.1 Å². The molecule has 0 bridgehead atoms.